The van der Waals surface area contributed by atoms with Crippen molar-refractivity contribution in [3.8, 4) is 0 Å². The van der Waals surface area contributed by atoms with Crippen molar-refractivity contribution in [2.45, 2.75) is 37.8 Å². The third kappa shape index (κ3) is 8.99. The predicted octanol–water partition coefficient (Wildman–Crippen LogP) is 7.60. The van der Waals surface area contributed by atoms with Crippen molar-refractivity contribution in [1.82, 2.24) is 19.8 Å². The number of carbonyl (C=O) groups is 6. The maximum absolute atomic E-state index is 13.7. The number of ketones is 2. The first kappa shape index (κ1) is 40.9. The van der Waals surface area contributed by atoms with Crippen LogP contribution in [0.15, 0.2) is 146 Å². The average Bonchev–Trinajstić information content (AvgIpc) is 4.03. The molecule has 2 aromatic heterocycles. The van der Waals surface area contributed by atoms with E-state index in [2.05, 4.69) is 20.6 Å². The Morgan fingerprint density at radius 1 is 0.484 bits per heavy atom. The summed E-state index contributed by atoms with van der Waals surface area (Å²) in [4.78, 5) is 92.5. The molecule has 0 spiro atoms. The SMILES string of the molecule is O=C(c1ccccc1)c1cccnc1C(=O)N1CCC[C@H]1C(=O)Nc1ccc(/C=C/c2ccc(NC(=O)[C@@H]3CCCN3C(=O)c3ncccc3C(=O)c3ccccc3)cc2)cc1. The van der Waals surface area contributed by atoms with Crippen LogP contribution in [0.2, 0.25) is 0 Å². The fourth-order valence-electron chi connectivity index (χ4n) is 7.84. The van der Waals surface area contributed by atoms with Gasteiger partial charge < -0.3 is 20.4 Å². The van der Waals surface area contributed by atoms with Gasteiger partial charge in [0.1, 0.15) is 23.5 Å². The zero-order valence-corrected chi connectivity index (χ0v) is 33.6. The summed E-state index contributed by atoms with van der Waals surface area (Å²) in [6.07, 6.45) is 9.05. The summed E-state index contributed by atoms with van der Waals surface area (Å²) in [7, 11) is 0. The highest BCUT2D eigenvalue weighted by Gasteiger charge is 2.38. The molecule has 12 heteroatoms. The van der Waals surface area contributed by atoms with Gasteiger partial charge in [-0.2, -0.15) is 0 Å². The number of hydrogen-bond donors (Lipinski definition) is 2. The van der Waals surface area contributed by atoms with Crippen LogP contribution in [0, 0.1) is 0 Å². The van der Waals surface area contributed by atoms with E-state index in [4.69, 9.17) is 0 Å². The minimum absolute atomic E-state index is 0.0242. The van der Waals surface area contributed by atoms with Crippen molar-refractivity contribution in [3.63, 3.8) is 0 Å². The van der Waals surface area contributed by atoms with Crippen molar-refractivity contribution in [2.75, 3.05) is 23.7 Å². The lowest BCUT2D eigenvalue weighted by Gasteiger charge is -2.24. The molecule has 308 valence electrons. The van der Waals surface area contributed by atoms with Crippen LogP contribution in [0.4, 0.5) is 11.4 Å². The first-order valence-electron chi connectivity index (χ1n) is 20.5. The van der Waals surface area contributed by atoms with E-state index in [0.29, 0.717) is 61.3 Å². The summed E-state index contributed by atoms with van der Waals surface area (Å²) in [6, 6.07) is 37.0. The zero-order chi connectivity index (χ0) is 43.0. The van der Waals surface area contributed by atoms with Crippen LogP contribution in [0.3, 0.4) is 0 Å². The van der Waals surface area contributed by atoms with Gasteiger partial charge >= 0.3 is 0 Å². The minimum atomic E-state index is -0.715. The van der Waals surface area contributed by atoms with Crippen molar-refractivity contribution in [3.05, 3.63) is 191 Å². The fourth-order valence-corrected chi connectivity index (χ4v) is 7.84. The van der Waals surface area contributed by atoms with Gasteiger partial charge in [0.15, 0.2) is 11.6 Å². The van der Waals surface area contributed by atoms with E-state index in [9.17, 15) is 28.8 Å². The number of amides is 4. The standard InChI is InChI=1S/C50H42N6O6/c57-45(35-11-3-1-4-12-35)39-15-7-29-51-43(39)49(61)55-31-9-17-41(55)47(59)53-37-25-21-33(22-26-37)19-20-34-23-27-38(28-24-34)54-48(60)42-18-10-32-56(42)50(62)44-40(16-8-30-52-44)46(58)36-13-5-2-6-14-36/h1-8,11-16,19-30,41-42H,9-10,17-18,31-32H2,(H,53,59)(H,54,60)/b20-19+/t41-,42-/m0/s1. The van der Waals surface area contributed by atoms with Gasteiger partial charge in [-0.05, 0) is 85.3 Å². The molecule has 0 saturated carbocycles. The zero-order valence-electron chi connectivity index (χ0n) is 33.6. The number of likely N-dealkylation sites (tertiary alicyclic amines) is 2. The van der Waals surface area contributed by atoms with Gasteiger partial charge in [-0.25, -0.2) is 0 Å². The van der Waals surface area contributed by atoms with E-state index in [1.165, 1.54) is 22.2 Å². The molecule has 2 N–H and O–H groups in total. The molecule has 8 rings (SSSR count). The van der Waals surface area contributed by atoms with Crippen LogP contribution in [0.1, 0.15) is 89.6 Å². The number of benzene rings is 4. The van der Waals surface area contributed by atoms with Gasteiger partial charge in [-0.1, -0.05) is 97.1 Å². The Morgan fingerprint density at radius 3 is 1.26 bits per heavy atom. The lowest BCUT2D eigenvalue weighted by Crippen LogP contribution is -2.43. The predicted molar refractivity (Wildman–Crippen MR) is 235 cm³/mol. The monoisotopic (exact) mass is 822 g/mol. The highest BCUT2D eigenvalue weighted by Crippen LogP contribution is 2.26. The topological polar surface area (TPSA) is 159 Å². The van der Waals surface area contributed by atoms with Gasteiger partial charge in [-0.3, -0.25) is 38.7 Å². The lowest BCUT2D eigenvalue weighted by atomic mass is 10.0. The van der Waals surface area contributed by atoms with Crippen molar-refractivity contribution in [1.29, 1.82) is 0 Å². The normalized spacial score (nSPS) is 15.9. The van der Waals surface area contributed by atoms with Crippen LogP contribution in [0.5, 0.6) is 0 Å². The largest absolute Gasteiger partial charge is 0.325 e. The number of carbonyl (C=O) groups excluding carboxylic acids is 6. The summed E-state index contributed by atoms with van der Waals surface area (Å²) >= 11 is 0. The van der Waals surface area contributed by atoms with Crippen LogP contribution < -0.4 is 10.6 Å². The molecule has 2 aliphatic rings. The molecule has 4 amide bonds. The van der Waals surface area contributed by atoms with E-state index in [-0.39, 0.29) is 45.9 Å². The van der Waals surface area contributed by atoms with Gasteiger partial charge in [0.25, 0.3) is 11.8 Å². The Kier molecular flexibility index (Phi) is 12.3. The van der Waals surface area contributed by atoms with E-state index in [1.54, 1.807) is 97.1 Å². The van der Waals surface area contributed by atoms with Gasteiger partial charge in [0, 0.05) is 48.0 Å². The molecule has 2 atom stereocenters. The number of rotatable bonds is 12. The van der Waals surface area contributed by atoms with Gasteiger partial charge in [-0.15, -0.1) is 0 Å². The molecule has 4 heterocycles. The highest BCUT2D eigenvalue weighted by molar-refractivity contribution is 6.16. The average molecular weight is 823 g/mol. The third-order valence-corrected chi connectivity index (χ3v) is 11.0. The molecule has 0 aliphatic carbocycles. The molecule has 2 saturated heterocycles. The number of nitrogens with zero attached hydrogens (tertiary/aromatic N) is 4. The maximum Gasteiger partial charge on any atom is 0.273 e. The minimum Gasteiger partial charge on any atom is -0.325 e. The Labute approximate surface area is 358 Å². The van der Waals surface area contributed by atoms with Gasteiger partial charge in [0.2, 0.25) is 11.8 Å². The van der Waals surface area contributed by atoms with E-state index in [0.717, 1.165) is 11.1 Å². The third-order valence-electron chi connectivity index (χ3n) is 11.0. The molecule has 2 fully saturated rings. The second kappa shape index (κ2) is 18.6. The second-order valence-corrected chi connectivity index (χ2v) is 15.1. The van der Waals surface area contributed by atoms with Gasteiger partial charge in [0.05, 0.1) is 11.1 Å². The van der Waals surface area contributed by atoms with Crippen molar-refractivity contribution in [2.24, 2.45) is 0 Å². The number of hydrogen-bond acceptors (Lipinski definition) is 8. The van der Waals surface area contributed by atoms with E-state index >= 15 is 0 Å². The fraction of sp³-hybridized carbons (Fsp3) is 0.160. The molecule has 0 unspecified atom stereocenters. The number of aromatic nitrogens is 2. The van der Waals surface area contributed by atoms with E-state index in [1.807, 2.05) is 48.6 Å². The van der Waals surface area contributed by atoms with Crippen LogP contribution in [-0.2, 0) is 9.59 Å². The number of nitrogens with one attached hydrogen (secondary N) is 2. The molecule has 0 radical (unpaired) electrons. The number of anilines is 2. The first-order chi connectivity index (χ1) is 30.2. The Bertz CT molecular complexity index is 2480. The summed E-state index contributed by atoms with van der Waals surface area (Å²) < 4.78 is 0. The summed E-state index contributed by atoms with van der Waals surface area (Å²) in [6.45, 7) is 0.744. The van der Waals surface area contributed by atoms with E-state index < -0.39 is 23.9 Å². The Hall–Kier alpha value is -7.86. The Morgan fingerprint density at radius 2 is 0.871 bits per heavy atom. The molecule has 6 aromatic rings. The smallest absolute Gasteiger partial charge is 0.273 e. The summed E-state index contributed by atoms with van der Waals surface area (Å²) in [5.41, 5.74) is 4.25. The first-order valence-corrected chi connectivity index (χ1v) is 20.5. The molecular formula is C50H42N6O6. The molecule has 2 aliphatic heterocycles. The van der Waals surface area contributed by atoms with Crippen molar-refractivity contribution < 1.29 is 28.8 Å². The van der Waals surface area contributed by atoms with Crippen LogP contribution in [0.25, 0.3) is 12.2 Å². The van der Waals surface area contributed by atoms with Crippen molar-refractivity contribution >= 4 is 58.7 Å². The second-order valence-electron chi connectivity index (χ2n) is 15.1. The molecule has 0 bridgehead atoms. The Balaban J connectivity index is 0.854. The van der Waals surface area contributed by atoms with Crippen LogP contribution >= 0.6 is 0 Å². The summed E-state index contributed by atoms with van der Waals surface area (Å²) in [5, 5.41) is 5.88. The highest BCUT2D eigenvalue weighted by atomic mass is 16.2. The molecular weight excluding hydrogens is 781 g/mol. The molecule has 12 nitrogen and oxygen atoms in total. The van der Waals surface area contributed by atoms with Crippen LogP contribution in [-0.4, -0.2) is 80.1 Å². The quantitative estimate of drug-likeness (QED) is 0.0944. The molecule has 4 aromatic carbocycles. The number of pyridine rings is 2. The summed E-state index contributed by atoms with van der Waals surface area (Å²) in [5.74, 6) is -2.17. The lowest BCUT2D eigenvalue weighted by molar-refractivity contribution is -0.120. The maximum atomic E-state index is 13.7. The molecule has 62 heavy (non-hydrogen) atoms.